The molecule has 2 nitrogen and oxygen atoms in total. The van der Waals surface area contributed by atoms with E-state index in [1.807, 2.05) is 36.4 Å². The van der Waals surface area contributed by atoms with Crippen molar-refractivity contribution in [3.63, 3.8) is 0 Å². The highest BCUT2D eigenvalue weighted by atomic mass is 19.4. The topological polar surface area (TPSA) is 37.3 Å². The number of aliphatic carboxylic acids is 1. The SMILES string of the molecule is CCC(CC(C)(C(=O)O)C(F)(F)F)c1ccc2ccccc2c1. The molecule has 0 saturated carbocycles. The Morgan fingerprint density at radius 1 is 1.13 bits per heavy atom. The van der Waals surface area contributed by atoms with E-state index in [0.717, 1.165) is 23.3 Å². The third kappa shape index (κ3) is 3.33. The first-order valence-corrected chi connectivity index (χ1v) is 7.48. The van der Waals surface area contributed by atoms with Crippen LogP contribution in [0.4, 0.5) is 13.2 Å². The first kappa shape index (κ1) is 17.3. The third-order valence-corrected chi connectivity index (χ3v) is 4.49. The van der Waals surface area contributed by atoms with Crippen LogP contribution in [0.2, 0.25) is 0 Å². The van der Waals surface area contributed by atoms with Gasteiger partial charge in [-0.3, -0.25) is 4.79 Å². The fourth-order valence-corrected chi connectivity index (χ4v) is 2.78. The first-order chi connectivity index (χ1) is 10.7. The van der Waals surface area contributed by atoms with Gasteiger partial charge in [0.15, 0.2) is 5.41 Å². The second kappa shape index (κ2) is 6.22. The molecule has 0 amide bonds. The van der Waals surface area contributed by atoms with Gasteiger partial charge in [0.1, 0.15) is 0 Å². The molecule has 0 spiro atoms. The summed E-state index contributed by atoms with van der Waals surface area (Å²) in [7, 11) is 0. The van der Waals surface area contributed by atoms with Gasteiger partial charge in [0, 0.05) is 0 Å². The summed E-state index contributed by atoms with van der Waals surface area (Å²) < 4.78 is 39.7. The van der Waals surface area contributed by atoms with E-state index in [0.29, 0.717) is 6.42 Å². The lowest BCUT2D eigenvalue weighted by atomic mass is 9.76. The number of halogens is 3. The highest BCUT2D eigenvalue weighted by molar-refractivity contribution is 5.83. The maximum atomic E-state index is 13.2. The second-order valence-electron chi connectivity index (χ2n) is 6.05. The fourth-order valence-electron chi connectivity index (χ4n) is 2.78. The molecule has 0 aliphatic rings. The van der Waals surface area contributed by atoms with Gasteiger partial charge in [-0.05, 0) is 42.0 Å². The van der Waals surface area contributed by atoms with E-state index < -0.39 is 29.9 Å². The minimum absolute atomic E-state index is 0.442. The molecule has 2 rings (SSSR count). The van der Waals surface area contributed by atoms with Crippen LogP contribution in [-0.2, 0) is 4.79 Å². The fraction of sp³-hybridized carbons (Fsp3) is 0.389. The molecule has 5 heteroatoms. The van der Waals surface area contributed by atoms with Crippen molar-refractivity contribution in [1.29, 1.82) is 0 Å². The third-order valence-electron chi connectivity index (χ3n) is 4.49. The zero-order valence-electron chi connectivity index (χ0n) is 13.0. The van der Waals surface area contributed by atoms with Gasteiger partial charge in [0.05, 0.1) is 0 Å². The number of hydrogen-bond acceptors (Lipinski definition) is 1. The first-order valence-electron chi connectivity index (χ1n) is 7.48. The second-order valence-corrected chi connectivity index (χ2v) is 6.05. The van der Waals surface area contributed by atoms with Gasteiger partial charge in [0.25, 0.3) is 0 Å². The van der Waals surface area contributed by atoms with E-state index in [1.165, 1.54) is 0 Å². The molecule has 2 aromatic carbocycles. The maximum absolute atomic E-state index is 13.2. The number of carboxylic acid groups (broad SMARTS) is 1. The maximum Gasteiger partial charge on any atom is 0.404 e. The van der Waals surface area contributed by atoms with Crippen molar-refractivity contribution in [2.24, 2.45) is 5.41 Å². The lowest BCUT2D eigenvalue weighted by Gasteiger charge is -2.31. The number of rotatable bonds is 5. The molecule has 2 unspecified atom stereocenters. The van der Waals surface area contributed by atoms with E-state index in [2.05, 4.69) is 0 Å². The summed E-state index contributed by atoms with van der Waals surface area (Å²) in [4.78, 5) is 11.2. The normalized spacial score (nSPS) is 16.0. The predicted octanol–water partition coefficient (Wildman–Crippen LogP) is 5.38. The van der Waals surface area contributed by atoms with Crippen molar-refractivity contribution < 1.29 is 23.1 Å². The molecule has 124 valence electrons. The standard InChI is InChI=1S/C18H19F3O2/c1-3-12(11-17(2,16(22)23)18(19,20)21)15-9-8-13-6-4-5-7-14(13)10-15/h4-10,12H,3,11H2,1-2H3,(H,22,23). The summed E-state index contributed by atoms with van der Waals surface area (Å²) in [5.41, 5.74) is -2.01. The minimum Gasteiger partial charge on any atom is -0.481 e. The number of benzene rings is 2. The van der Waals surface area contributed by atoms with Crippen LogP contribution in [-0.4, -0.2) is 17.3 Å². The van der Waals surface area contributed by atoms with Gasteiger partial charge in [-0.1, -0.05) is 49.4 Å². The molecule has 0 heterocycles. The smallest absolute Gasteiger partial charge is 0.404 e. The Balaban J connectivity index is 2.39. The van der Waals surface area contributed by atoms with Crippen LogP contribution in [0.3, 0.4) is 0 Å². The van der Waals surface area contributed by atoms with Gasteiger partial charge in [-0.25, -0.2) is 0 Å². The Labute approximate surface area is 132 Å². The van der Waals surface area contributed by atoms with Gasteiger partial charge in [0.2, 0.25) is 0 Å². The van der Waals surface area contributed by atoms with Crippen LogP contribution in [0.25, 0.3) is 10.8 Å². The summed E-state index contributed by atoms with van der Waals surface area (Å²) in [6.07, 6.45) is -4.82. The molecular weight excluding hydrogens is 305 g/mol. The van der Waals surface area contributed by atoms with Crippen LogP contribution in [0.15, 0.2) is 42.5 Å². The Hall–Kier alpha value is -2.04. The number of carboxylic acids is 1. The predicted molar refractivity (Wildman–Crippen MR) is 83.4 cm³/mol. The van der Waals surface area contributed by atoms with Crippen molar-refractivity contribution in [2.45, 2.75) is 38.8 Å². The van der Waals surface area contributed by atoms with Gasteiger partial charge in [-0.15, -0.1) is 0 Å². The lowest BCUT2D eigenvalue weighted by Crippen LogP contribution is -2.43. The summed E-state index contributed by atoms with van der Waals surface area (Å²) in [5.74, 6) is -2.30. The van der Waals surface area contributed by atoms with Crippen LogP contribution >= 0.6 is 0 Å². The van der Waals surface area contributed by atoms with E-state index >= 15 is 0 Å². The Kier molecular flexibility index (Phi) is 4.68. The molecule has 2 atom stereocenters. The Morgan fingerprint density at radius 2 is 1.74 bits per heavy atom. The molecule has 0 bridgehead atoms. The van der Waals surface area contributed by atoms with Crippen LogP contribution in [0, 0.1) is 5.41 Å². The molecule has 0 aliphatic heterocycles. The van der Waals surface area contributed by atoms with Crippen molar-refractivity contribution >= 4 is 16.7 Å². The summed E-state index contributed by atoms with van der Waals surface area (Å²) in [6, 6.07) is 13.1. The largest absolute Gasteiger partial charge is 0.481 e. The highest BCUT2D eigenvalue weighted by Crippen LogP contribution is 2.46. The van der Waals surface area contributed by atoms with Crippen LogP contribution in [0.1, 0.15) is 38.2 Å². The molecule has 0 fully saturated rings. The van der Waals surface area contributed by atoms with Crippen molar-refractivity contribution in [1.82, 2.24) is 0 Å². The molecule has 0 aromatic heterocycles. The quantitative estimate of drug-likeness (QED) is 0.802. The summed E-state index contributed by atoms with van der Waals surface area (Å²) >= 11 is 0. The van der Waals surface area contributed by atoms with E-state index in [-0.39, 0.29) is 0 Å². The van der Waals surface area contributed by atoms with Crippen molar-refractivity contribution in [2.75, 3.05) is 0 Å². The zero-order valence-corrected chi connectivity index (χ0v) is 13.0. The monoisotopic (exact) mass is 324 g/mol. The summed E-state index contributed by atoms with van der Waals surface area (Å²) in [6.45, 7) is 2.54. The number of carbonyl (C=O) groups is 1. The Bertz CT molecular complexity index is 709. The zero-order chi connectivity index (χ0) is 17.3. The van der Waals surface area contributed by atoms with Gasteiger partial charge >= 0.3 is 12.1 Å². The van der Waals surface area contributed by atoms with Gasteiger partial charge in [-0.2, -0.15) is 13.2 Å². The molecule has 1 N–H and O–H groups in total. The number of hydrogen-bond donors (Lipinski definition) is 1. The highest BCUT2D eigenvalue weighted by Gasteiger charge is 2.57. The van der Waals surface area contributed by atoms with Crippen LogP contribution < -0.4 is 0 Å². The summed E-state index contributed by atoms with van der Waals surface area (Å²) in [5, 5.41) is 11.1. The average Bonchev–Trinajstić information content (AvgIpc) is 2.50. The van der Waals surface area contributed by atoms with Crippen LogP contribution in [0.5, 0.6) is 0 Å². The van der Waals surface area contributed by atoms with Crippen molar-refractivity contribution in [3.8, 4) is 0 Å². The molecule has 2 aromatic rings. The molecule has 0 saturated heterocycles. The van der Waals surface area contributed by atoms with Crippen molar-refractivity contribution in [3.05, 3.63) is 48.0 Å². The van der Waals surface area contributed by atoms with E-state index in [4.69, 9.17) is 5.11 Å². The number of alkyl halides is 3. The van der Waals surface area contributed by atoms with E-state index in [1.54, 1.807) is 13.0 Å². The molecular formula is C18H19F3O2. The average molecular weight is 324 g/mol. The molecule has 23 heavy (non-hydrogen) atoms. The molecule has 0 aliphatic carbocycles. The molecule has 0 radical (unpaired) electrons. The number of fused-ring (bicyclic) bond motifs is 1. The lowest BCUT2D eigenvalue weighted by molar-refractivity contribution is -0.229. The van der Waals surface area contributed by atoms with Gasteiger partial charge < -0.3 is 5.11 Å². The Morgan fingerprint density at radius 3 is 2.26 bits per heavy atom. The minimum atomic E-state index is -4.79. The van der Waals surface area contributed by atoms with E-state index in [9.17, 15) is 18.0 Å².